The number of aryl methyl sites for hydroxylation is 1. The Balaban J connectivity index is 2.54. The highest BCUT2D eigenvalue weighted by Crippen LogP contribution is 2.41. The molecule has 1 aliphatic heterocycles. The summed E-state index contributed by atoms with van der Waals surface area (Å²) in [5.74, 6) is -2.38. The zero-order valence-corrected chi connectivity index (χ0v) is 23.3. The van der Waals surface area contributed by atoms with Gasteiger partial charge in [-0.05, 0) is 19.1 Å². The fourth-order valence-corrected chi connectivity index (χ4v) is 4.53. The predicted molar refractivity (Wildman–Crippen MR) is 133 cm³/mol. The van der Waals surface area contributed by atoms with E-state index in [9.17, 15) is 24.3 Å². The minimum Gasteiger partial charge on any atom is -0.463 e. The molecule has 5 atom stereocenters. The Morgan fingerprint density at radius 1 is 1.03 bits per heavy atom. The topological polar surface area (TPSA) is 147 Å². The third-order valence-electron chi connectivity index (χ3n) is 4.74. The van der Waals surface area contributed by atoms with Crippen molar-refractivity contribution < 1.29 is 48.0 Å². The van der Waals surface area contributed by atoms with Crippen LogP contribution in [0.4, 0.5) is 4.79 Å². The molecule has 1 aliphatic rings. The van der Waals surface area contributed by atoms with E-state index in [1.165, 1.54) is 0 Å². The largest absolute Gasteiger partial charge is 0.463 e. The molecule has 1 fully saturated rings. The lowest BCUT2D eigenvalue weighted by molar-refractivity contribution is -0.270. The Hall–Kier alpha value is -1.96. The van der Waals surface area contributed by atoms with Crippen molar-refractivity contribution in [2.75, 3.05) is 13.2 Å². The lowest BCUT2D eigenvalue weighted by atomic mass is 9.94. The van der Waals surface area contributed by atoms with Gasteiger partial charge in [0.05, 0.1) is 0 Å². The van der Waals surface area contributed by atoms with E-state index < -0.39 is 70.5 Å². The first-order valence-electron chi connectivity index (χ1n) is 10.7. The van der Waals surface area contributed by atoms with Crippen molar-refractivity contribution in [3.05, 3.63) is 29.8 Å². The zero-order chi connectivity index (χ0) is 28.0. The smallest absolute Gasteiger partial charge is 0.409 e. The monoisotopic (exact) mass is 601 g/mol. The van der Waals surface area contributed by atoms with Gasteiger partial charge in [-0.15, -0.1) is 0 Å². The Morgan fingerprint density at radius 2 is 1.62 bits per heavy atom. The van der Waals surface area contributed by atoms with Crippen LogP contribution in [0.2, 0.25) is 0 Å². The number of halogens is 3. The SMILES string of the molecule is CC(=O)OC[C@@H]1O[C@@H](Sc2ccc(C)cc2)[C@](O)(NC(=O)OCC(Cl)(Cl)Cl)[C@H](OC(C)=O)[C@@H]1OC(C)=O. The number of alkyl carbamates (subject to hydrolysis) is 1. The quantitative estimate of drug-likeness (QED) is 0.196. The van der Waals surface area contributed by atoms with E-state index in [1.54, 1.807) is 24.3 Å². The molecule has 15 heteroatoms. The second-order valence-corrected chi connectivity index (χ2v) is 11.6. The molecule has 2 rings (SSSR count). The van der Waals surface area contributed by atoms with Gasteiger partial charge in [-0.3, -0.25) is 19.7 Å². The number of hydrogen-bond acceptors (Lipinski definition) is 11. The summed E-state index contributed by atoms with van der Waals surface area (Å²) in [5, 5.41) is 14.0. The standard InChI is InChI=1S/C22H26Cl3NO10S/c1-11-5-7-15(8-6-11)37-19-22(31,26-20(30)33-10-21(23,24)25)18(35-14(4)29)17(34-13(3)28)16(36-19)9-32-12(2)27/h5-8,16-19,31H,9-10H2,1-4H3,(H,26,30)/t16-,17+,18+,19-,22-/m0/s1. The maximum absolute atomic E-state index is 12.6. The number of carbonyl (C=O) groups is 4. The van der Waals surface area contributed by atoms with E-state index in [-0.39, 0.29) is 0 Å². The third kappa shape index (κ3) is 9.69. The number of rotatable bonds is 8. The first-order chi connectivity index (χ1) is 17.1. The molecule has 37 heavy (non-hydrogen) atoms. The molecular formula is C22H26Cl3NO10S. The zero-order valence-electron chi connectivity index (χ0n) is 20.2. The van der Waals surface area contributed by atoms with Gasteiger partial charge in [0.15, 0.2) is 17.6 Å². The van der Waals surface area contributed by atoms with Crippen LogP contribution in [-0.2, 0) is 38.1 Å². The minimum atomic E-state index is -2.56. The average molecular weight is 603 g/mol. The van der Waals surface area contributed by atoms with Gasteiger partial charge in [-0.25, -0.2) is 4.79 Å². The summed E-state index contributed by atoms with van der Waals surface area (Å²) in [7, 11) is 0. The summed E-state index contributed by atoms with van der Waals surface area (Å²) in [6, 6.07) is 7.05. The maximum Gasteiger partial charge on any atom is 0.409 e. The van der Waals surface area contributed by atoms with E-state index in [1.807, 2.05) is 6.92 Å². The van der Waals surface area contributed by atoms with Crippen molar-refractivity contribution in [1.82, 2.24) is 5.32 Å². The highest BCUT2D eigenvalue weighted by atomic mass is 35.6. The number of nitrogens with one attached hydrogen (secondary N) is 1. The predicted octanol–water partition coefficient (Wildman–Crippen LogP) is 3.02. The summed E-state index contributed by atoms with van der Waals surface area (Å²) < 4.78 is 24.6. The van der Waals surface area contributed by atoms with Crippen LogP contribution < -0.4 is 5.32 Å². The van der Waals surface area contributed by atoms with Crippen molar-refractivity contribution >= 4 is 70.6 Å². The molecule has 1 aromatic carbocycles. The van der Waals surface area contributed by atoms with E-state index in [4.69, 9.17) is 58.5 Å². The summed E-state index contributed by atoms with van der Waals surface area (Å²) in [5.41, 5.74) is -3.01. The molecule has 0 aliphatic carbocycles. The number of benzene rings is 1. The number of thioether (sulfide) groups is 1. The van der Waals surface area contributed by atoms with Crippen LogP contribution in [0.5, 0.6) is 0 Å². The van der Waals surface area contributed by atoms with Crippen molar-refractivity contribution in [3.8, 4) is 0 Å². The normalized spacial score (nSPS) is 25.5. The van der Waals surface area contributed by atoms with Crippen LogP contribution in [0, 0.1) is 6.92 Å². The number of alkyl halides is 3. The Labute approximate surface area is 232 Å². The van der Waals surface area contributed by atoms with Gasteiger partial charge in [-0.1, -0.05) is 64.3 Å². The molecule has 0 bridgehead atoms. The number of amides is 1. The minimum absolute atomic E-state index is 0.427. The molecule has 1 saturated heterocycles. The lowest BCUT2D eigenvalue weighted by Gasteiger charge is -2.49. The molecule has 0 aromatic heterocycles. The summed E-state index contributed by atoms with van der Waals surface area (Å²) in [6.45, 7) is 4.04. The first kappa shape index (κ1) is 31.3. The molecule has 1 heterocycles. The van der Waals surface area contributed by atoms with Crippen LogP contribution in [0.1, 0.15) is 26.3 Å². The van der Waals surface area contributed by atoms with E-state index in [0.717, 1.165) is 38.1 Å². The van der Waals surface area contributed by atoms with Gasteiger partial charge in [-0.2, -0.15) is 0 Å². The number of aliphatic hydroxyl groups is 1. The highest BCUT2D eigenvalue weighted by Gasteiger charge is 2.61. The van der Waals surface area contributed by atoms with Crippen LogP contribution >= 0.6 is 46.6 Å². The van der Waals surface area contributed by atoms with Crippen LogP contribution in [0.3, 0.4) is 0 Å². The van der Waals surface area contributed by atoms with Crippen molar-refractivity contribution in [1.29, 1.82) is 0 Å². The molecule has 11 nitrogen and oxygen atoms in total. The third-order valence-corrected chi connectivity index (χ3v) is 6.29. The van der Waals surface area contributed by atoms with Gasteiger partial charge in [0.2, 0.25) is 9.52 Å². The second kappa shape index (κ2) is 13.2. The van der Waals surface area contributed by atoms with Gasteiger partial charge in [0, 0.05) is 25.7 Å². The molecular weight excluding hydrogens is 577 g/mol. The molecule has 206 valence electrons. The van der Waals surface area contributed by atoms with E-state index >= 15 is 0 Å². The number of carbonyl (C=O) groups excluding carboxylic acids is 4. The fraction of sp³-hybridized carbons (Fsp3) is 0.545. The Bertz CT molecular complexity index is 990. The van der Waals surface area contributed by atoms with E-state index in [0.29, 0.717) is 4.90 Å². The molecule has 0 radical (unpaired) electrons. The molecule has 2 N–H and O–H groups in total. The Morgan fingerprint density at radius 3 is 2.14 bits per heavy atom. The van der Waals surface area contributed by atoms with Crippen molar-refractivity contribution in [3.63, 3.8) is 0 Å². The van der Waals surface area contributed by atoms with Crippen molar-refractivity contribution in [2.45, 2.75) is 65.9 Å². The van der Waals surface area contributed by atoms with Crippen LogP contribution in [0.15, 0.2) is 29.2 Å². The summed E-state index contributed by atoms with van der Waals surface area (Å²) >= 11 is 17.8. The summed E-state index contributed by atoms with van der Waals surface area (Å²) in [6.07, 6.45) is -5.73. The molecule has 1 amide bonds. The Kier molecular flexibility index (Phi) is 11.2. The van der Waals surface area contributed by atoms with Crippen molar-refractivity contribution in [2.24, 2.45) is 0 Å². The maximum atomic E-state index is 12.6. The lowest BCUT2D eigenvalue weighted by Crippen LogP contribution is -2.74. The number of ether oxygens (including phenoxy) is 5. The molecule has 0 spiro atoms. The molecule has 0 unspecified atom stereocenters. The van der Waals surface area contributed by atoms with Gasteiger partial charge in [0.25, 0.3) is 0 Å². The number of hydrogen-bond donors (Lipinski definition) is 2. The van der Waals surface area contributed by atoms with Crippen LogP contribution in [-0.4, -0.2) is 75.6 Å². The van der Waals surface area contributed by atoms with Gasteiger partial charge >= 0.3 is 24.0 Å². The number of esters is 3. The summed E-state index contributed by atoms with van der Waals surface area (Å²) in [4.78, 5) is 48.6. The second-order valence-electron chi connectivity index (χ2n) is 7.99. The highest BCUT2D eigenvalue weighted by molar-refractivity contribution is 7.99. The van der Waals surface area contributed by atoms with Gasteiger partial charge < -0.3 is 28.8 Å². The van der Waals surface area contributed by atoms with E-state index in [2.05, 4.69) is 5.32 Å². The van der Waals surface area contributed by atoms with Gasteiger partial charge in [0.1, 0.15) is 19.3 Å². The molecule has 0 saturated carbocycles. The average Bonchev–Trinajstić information content (AvgIpc) is 2.76. The van der Waals surface area contributed by atoms with Crippen LogP contribution in [0.25, 0.3) is 0 Å². The fourth-order valence-electron chi connectivity index (χ4n) is 3.25. The molecule has 1 aromatic rings. The first-order valence-corrected chi connectivity index (χ1v) is 12.7.